The lowest BCUT2D eigenvalue weighted by Gasteiger charge is -2.09. The van der Waals surface area contributed by atoms with Crippen LogP contribution in [-0.2, 0) is 0 Å². The molecule has 0 aliphatic heterocycles. The average Bonchev–Trinajstić information content (AvgIpc) is 1.97. The molecule has 0 fully saturated rings. The first-order chi connectivity index (χ1) is 5.04. The van der Waals surface area contributed by atoms with E-state index in [1.807, 2.05) is 0 Å². The molecule has 0 N–H and O–H groups in total. The molecule has 57 valence electrons. The number of halogens is 4. The number of nitrogens with zero attached hydrogens (tertiary/aromatic N) is 1. The summed E-state index contributed by atoms with van der Waals surface area (Å²) in [6.45, 7) is 0. The van der Waals surface area contributed by atoms with Crippen LogP contribution in [0.2, 0.25) is 0 Å². The van der Waals surface area contributed by atoms with Crippen molar-refractivity contribution < 1.29 is 17.6 Å². The molecule has 1 aromatic rings. The van der Waals surface area contributed by atoms with Gasteiger partial charge in [-0.2, -0.15) is 18.2 Å². The van der Waals surface area contributed by atoms with Gasteiger partial charge in [0.15, 0.2) is 5.95 Å². The van der Waals surface area contributed by atoms with Crippen LogP contribution in [-0.4, -0.2) is 12.8 Å². The predicted octanol–water partition coefficient (Wildman–Crippen LogP) is 0.432. The summed E-state index contributed by atoms with van der Waals surface area (Å²) in [6, 6.07) is 0. The summed E-state index contributed by atoms with van der Waals surface area (Å²) in [4.78, 5) is 2.36. The second-order valence-electron chi connectivity index (χ2n) is 1.74. The summed E-state index contributed by atoms with van der Waals surface area (Å²) in [5.41, 5.74) is -1.12. The van der Waals surface area contributed by atoms with Crippen LogP contribution < -0.4 is 5.46 Å². The minimum Gasteiger partial charge on any atom is -0.570 e. The van der Waals surface area contributed by atoms with Crippen molar-refractivity contribution in [3.05, 3.63) is 23.5 Å². The van der Waals surface area contributed by atoms with E-state index in [0.717, 1.165) is 0 Å². The molecule has 1 nitrogen and oxygen atoms in total. The molecular weight excluding hydrogens is 161 g/mol. The van der Waals surface area contributed by atoms with Crippen molar-refractivity contribution in [2.45, 2.75) is 0 Å². The van der Waals surface area contributed by atoms with Crippen LogP contribution in [0.3, 0.4) is 0 Å². The van der Waals surface area contributed by atoms with Gasteiger partial charge in [0, 0.05) is 0 Å². The van der Waals surface area contributed by atoms with Gasteiger partial charge in [0.1, 0.15) is 5.82 Å². The Bertz CT molecular complexity index is 275. The maximum atomic E-state index is 12.2. The number of hydrogen-bond acceptors (Lipinski definition) is 1. The molecule has 3 radical (unpaired) electrons. The Morgan fingerprint density at radius 3 is 2.00 bits per heavy atom. The Balaban J connectivity index is 3.46. The third-order valence-corrected chi connectivity index (χ3v) is 1.03. The second kappa shape index (κ2) is 2.52. The number of rotatable bonds is 0. The number of aromatic nitrogens is 1. The van der Waals surface area contributed by atoms with Gasteiger partial charge < -0.3 is 7.85 Å². The average molecular weight is 161 g/mol. The van der Waals surface area contributed by atoms with E-state index in [1.54, 1.807) is 0 Å². The van der Waals surface area contributed by atoms with E-state index in [4.69, 9.17) is 0 Å². The van der Waals surface area contributed by atoms with Gasteiger partial charge >= 0.3 is 0 Å². The lowest BCUT2D eigenvalue weighted by atomic mass is 9.97. The molecule has 0 aromatic carbocycles. The van der Waals surface area contributed by atoms with E-state index >= 15 is 0 Å². The highest BCUT2D eigenvalue weighted by Gasteiger charge is 2.10. The minimum atomic E-state index is -1.87. The van der Waals surface area contributed by atoms with Gasteiger partial charge in [-0.05, 0) is 0 Å². The molecule has 0 aliphatic rings. The molecule has 6 heteroatoms. The zero-order valence-corrected chi connectivity index (χ0v) is 5.04. The first-order valence-corrected chi connectivity index (χ1v) is 2.49. The molecular formula is C5BF4N-. The van der Waals surface area contributed by atoms with E-state index in [2.05, 4.69) is 12.8 Å². The first-order valence-electron chi connectivity index (χ1n) is 2.49. The van der Waals surface area contributed by atoms with Crippen LogP contribution in [0, 0.1) is 23.5 Å². The van der Waals surface area contributed by atoms with Crippen molar-refractivity contribution in [3.8, 4) is 0 Å². The highest BCUT2D eigenvalue weighted by atomic mass is 19.2. The molecule has 1 heterocycles. The van der Waals surface area contributed by atoms with Crippen molar-refractivity contribution in [2.24, 2.45) is 0 Å². The Hall–Kier alpha value is -1.07. The van der Waals surface area contributed by atoms with E-state index in [0.29, 0.717) is 0 Å². The van der Waals surface area contributed by atoms with Gasteiger partial charge in [-0.25, -0.2) is 9.85 Å². The predicted molar refractivity (Wildman–Crippen MR) is 29.5 cm³/mol. The standard InChI is InChI=1S/C5BF4N/c6-1-2(7)3(8)5(10)11-4(1)9/q-1. The quantitative estimate of drug-likeness (QED) is 0.305. The first kappa shape index (κ1) is 8.04. The third-order valence-electron chi connectivity index (χ3n) is 1.03. The molecule has 1 rings (SSSR count). The molecule has 0 unspecified atom stereocenters. The van der Waals surface area contributed by atoms with Crippen LogP contribution in [0.5, 0.6) is 0 Å². The van der Waals surface area contributed by atoms with E-state index in [9.17, 15) is 17.6 Å². The second-order valence-corrected chi connectivity index (χ2v) is 1.74. The van der Waals surface area contributed by atoms with Gasteiger partial charge in [-0.15, -0.1) is 0 Å². The van der Waals surface area contributed by atoms with Crippen LogP contribution >= 0.6 is 0 Å². The van der Waals surface area contributed by atoms with Crippen molar-refractivity contribution in [1.29, 1.82) is 0 Å². The van der Waals surface area contributed by atoms with Gasteiger partial charge in [0.25, 0.3) is 5.95 Å². The largest absolute Gasteiger partial charge is 0.570 e. The lowest BCUT2D eigenvalue weighted by Crippen LogP contribution is -2.19. The molecule has 0 bridgehead atoms. The smallest absolute Gasteiger partial charge is 0.254 e. The Labute approximate surface area is 60.5 Å². The number of pyridine rings is 1. The summed E-state index contributed by atoms with van der Waals surface area (Å²) < 4.78 is 48.5. The fourth-order valence-electron chi connectivity index (χ4n) is 0.495. The number of hydrogen-bond donors (Lipinski definition) is 0. The van der Waals surface area contributed by atoms with Gasteiger partial charge in [-0.3, -0.25) is 0 Å². The monoisotopic (exact) mass is 161 g/mol. The van der Waals surface area contributed by atoms with Gasteiger partial charge in [-0.1, -0.05) is 0 Å². The van der Waals surface area contributed by atoms with Gasteiger partial charge in [0.05, 0.1) is 0 Å². The maximum absolute atomic E-state index is 12.2. The van der Waals surface area contributed by atoms with Crippen LogP contribution in [0.15, 0.2) is 0 Å². The fourth-order valence-corrected chi connectivity index (χ4v) is 0.495. The van der Waals surface area contributed by atoms with Crippen molar-refractivity contribution >= 4 is 13.3 Å². The van der Waals surface area contributed by atoms with Crippen molar-refractivity contribution in [2.75, 3.05) is 0 Å². The minimum absolute atomic E-state index is 1.12. The van der Waals surface area contributed by atoms with E-state index in [-0.39, 0.29) is 0 Å². The summed E-state index contributed by atoms with van der Waals surface area (Å²) in [7, 11) is 4.63. The Kier molecular flexibility index (Phi) is 1.84. The molecule has 11 heavy (non-hydrogen) atoms. The highest BCUT2D eigenvalue weighted by molar-refractivity contribution is 6.32. The molecule has 0 spiro atoms. The topological polar surface area (TPSA) is 12.9 Å². The molecule has 0 aliphatic carbocycles. The van der Waals surface area contributed by atoms with Crippen LogP contribution in [0.1, 0.15) is 0 Å². The normalized spacial score (nSPS) is 10.3. The summed E-state index contributed by atoms with van der Waals surface area (Å²) in [6.07, 6.45) is 0. The molecule has 1 aromatic heterocycles. The molecule has 0 atom stereocenters. The highest BCUT2D eigenvalue weighted by Crippen LogP contribution is 2.05. The van der Waals surface area contributed by atoms with Gasteiger partial charge in [0.2, 0.25) is 5.82 Å². The van der Waals surface area contributed by atoms with Crippen LogP contribution in [0.25, 0.3) is 0 Å². The van der Waals surface area contributed by atoms with E-state index in [1.165, 1.54) is 0 Å². The van der Waals surface area contributed by atoms with Crippen molar-refractivity contribution in [3.63, 3.8) is 0 Å². The molecule has 0 amide bonds. The maximum Gasteiger partial charge on any atom is 0.254 e. The zero-order valence-electron chi connectivity index (χ0n) is 5.04. The van der Waals surface area contributed by atoms with E-state index < -0.39 is 29.0 Å². The van der Waals surface area contributed by atoms with Crippen LogP contribution in [0.4, 0.5) is 17.6 Å². The Morgan fingerprint density at radius 2 is 1.45 bits per heavy atom. The zero-order chi connectivity index (χ0) is 8.59. The lowest BCUT2D eigenvalue weighted by molar-refractivity contribution is 0.408. The third kappa shape index (κ3) is 1.20. The van der Waals surface area contributed by atoms with Crippen molar-refractivity contribution in [1.82, 2.24) is 4.98 Å². The fraction of sp³-hybridized carbons (Fsp3) is 0. The Morgan fingerprint density at radius 1 is 0.909 bits per heavy atom. The summed E-state index contributed by atoms with van der Waals surface area (Å²) in [5.74, 6) is -7.02. The SMILES string of the molecule is [B-]c1c(F)nc(F)c(F)c1F. The summed E-state index contributed by atoms with van der Waals surface area (Å²) >= 11 is 0. The molecule has 0 saturated heterocycles. The molecule has 0 saturated carbocycles. The summed E-state index contributed by atoms with van der Waals surface area (Å²) in [5, 5.41) is 0.